The molecule has 0 spiro atoms. The molecule has 1 atom stereocenters. The van der Waals surface area contributed by atoms with Crippen LogP contribution in [-0.4, -0.2) is 44.6 Å². The predicted molar refractivity (Wildman–Crippen MR) is 88.8 cm³/mol. The second kappa shape index (κ2) is 8.76. The van der Waals surface area contributed by atoms with E-state index in [1.807, 2.05) is 37.3 Å². The van der Waals surface area contributed by atoms with E-state index in [1.54, 1.807) is 6.92 Å². The Bertz CT molecular complexity index is 670. The van der Waals surface area contributed by atoms with Crippen LogP contribution in [0.3, 0.4) is 0 Å². The van der Waals surface area contributed by atoms with Gasteiger partial charge < -0.3 is 10.6 Å². The Morgan fingerprint density at radius 3 is 2.71 bits per heavy atom. The highest BCUT2D eigenvalue weighted by Crippen LogP contribution is 2.11. The standard InChI is InChI=1S/C16H22N6O2/c1-3-17-16(24)12(2)18-14(23)10-7-11-22-20-15(19-21-22)13-8-5-4-6-9-13/h4-6,8-9,12H,3,7,10-11H2,1-2H3,(H,17,24)(H,18,23). The third-order valence-corrected chi connectivity index (χ3v) is 3.37. The molecule has 2 N–H and O–H groups in total. The van der Waals surface area contributed by atoms with Crippen LogP contribution in [0.4, 0.5) is 0 Å². The van der Waals surface area contributed by atoms with Crippen LogP contribution in [0.15, 0.2) is 30.3 Å². The average Bonchev–Trinajstić information content (AvgIpc) is 3.04. The summed E-state index contributed by atoms with van der Waals surface area (Å²) in [5, 5.41) is 17.6. The molecule has 2 aromatic rings. The molecule has 0 radical (unpaired) electrons. The fourth-order valence-corrected chi connectivity index (χ4v) is 2.13. The largest absolute Gasteiger partial charge is 0.355 e. The third-order valence-electron chi connectivity index (χ3n) is 3.37. The van der Waals surface area contributed by atoms with Gasteiger partial charge in [0, 0.05) is 18.5 Å². The first-order chi connectivity index (χ1) is 11.6. The van der Waals surface area contributed by atoms with Crippen LogP contribution < -0.4 is 10.6 Å². The molecule has 0 saturated carbocycles. The van der Waals surface area contributed by atoms with E-state index < -0.39 is 6.04 Å². The van der Waals surface area contributed by atoms with Gasteiger partial charge >= 0.3 is 0 Å². The van der Waals surface area contributed by atoms with Crippen molar-refractivity contribution in [2.24, 2.45) is 0 Å². The molecule has 8 heteroatoms. The van der Waals surface area contributed by atoms with Crippen LogP contribution in [0.5, 0.6) is 0 Å². The van der Waals surface area contributed by atoms with Gasteiger partial charge in [0.1, 0.15) is 6.04 Å². The van der Waals surface area contributed by atoms with Gasteiger partial charge in [0.15, 0.2) is 0 Å². The van der Waals surface area contributed by atoms with Crippen LogP contribution in [0, 0.1) is 0 Å². The first kappa shape index (κ1) is 17.6. The van der Waals surface area contributed by atoms with E-state index in [-0.39, 0.29) is 11.8 Å². The molecule has 1 aromatic carbocycles. The molecule has 1 unspecified atom stereocenters. The molecule has 0 fully saturated rings. The Hall–Kier alpha value is -2.77. The Morgan fingerprint density at radius 1 is 1.25 bits per heavy atom. The highest BCUT2D eigenvalue weighted by atomic mass is 16.2. The van der Waals surface area contributed by atoms with Crippen molar-refractivity contribution in [1.82, 2.24) is 30.8 Å². The summed E-state index contributed by atoms with van der Waals surface area (Å²) in [6.45, 7) is 4.53. The molecule has 0 aliphatic rings. The maximum atomic E-state index is 11.8. The van der Waals surface area contributed by atoms with Gasteiger partial charge in [-0.05, 0) is 25.5 Å². The summed E-state index contributed by atoms with van der Waals surface area (Å²) in [4.78, 5) is 24.9. The minimum absolute atomic E-state index is 0.169. The first-order valence-corrected chi connectivity index (χ1v) is 8.00. The second-order valence-corrected chi connectivity index (χ2v) is 5.36. The van der Waals surface area contributed by atoms with Crippen molar-refractivity contribution in [3.05, 3.63) is 30.3 Å². The summed E-state index contributed by atoms with van der Waals surface area (Å²) in [6.07, 6.45) is 0.866. The van der Waals surface area contributed by atoms with Crippen LogP contribution in [0.25, 0.3) is 11.4 Å². The third kappa shape index (κ3) is 5.15. The highest BCUT2D eigenvalue weighted by molar-refractivity contribution is 5.87. The molecule has 8 nitrogen and oxygen atoms in total. The van der Waals surface area contributed by atoms with Crippen molar-refractivity contribution in [2.75, 3.05) is 6.54 Å². The maximum Gasteiger partial charge on any atom is 0.242 e. The Balaban J connectivity index is 1.75. The predicted octanol–water partition coefficient (Wildman–Crippen LogP) is 0.761. The lowest BCUT2D eigenvalue weighted by molar-refractivity contribution is -0.128. The van der Waals surface area contributed by atoms with Gasteiger partial charge in [-0.2, -0.15) is 4.80 Å². The first-order valence-electron chi connectivity index (χ1n) is 8.00. The molecule has 0 bridgehead atoms. The number of amides is 2. The fourth-order valence-electron chi connectivity index (χ4n) is 2.13. The van der Waals surface area contributed by atoms with Crippen molar-refractivity contribution in [1.29, 1.82) is 0 Å². The molecule has 1 heterocycles. The number of nitrogens with zero attached hydrogens (tertiary/aromatic N) is 4. The van der Waals surface area contributed by atoms with Crippen LogP contribution in [0.1, 0.15) is 26.7 Å². The van der Waals surface area contributed by atoms with Gasteiger partial charge in [0.25, 0.3) is 0 Å². The van der Waals surface area contributed by atoms with Crippen molar-refractivity contribution in [3.63, 3.8) is 0 Å². The van der Waals surface area contributed by atoms with Gasteiger partial charge in [-0.15, -0.1) is 10.2 Å². The number of aryl methyl sites for hydroxylation is 1. The van der Waals surface area contributed by atoms with Crippen molar-refractivity contribution >= 4 is 11.8 Å². The molecular weight excluding hydrogens is 308 g/mol. The number of benzene rings is 1. The van der Waals surface area contributed by atoms with Crippen molar-refractivity contribution in [2.45, 2.75) is 39.3 Å². The molecule has 2 rings (SSSR count). The summed E-state index contributed by atoms with van der Waals surface area (Å²) in [6, 6.07) is 9.04. The van der Waals surface area contributed by atoms with E-state index in [0.717, 1.165) is 5.56 Å². The molecule has 128 valence electrons. The SMILES string of the molecule is CCNC(=O)C(C)NC(=O)CCCn1nnc(-c2ccccc2)n1. The lowest BCUT2D eigenvalue weighted by atomic mass is 10.2. The van der Waals surface area contributed by atoms with Crippen LogP contribution in [-0.2, 0) is 16.1 Å². The van der Waals surface area contributed by atoms with Crippen LogP contribution >= 0.6 is 0 Å². The van der Waals surface area contributed by atoms with Gasteiger partial charge in [0.2, 0.25) is 17.6 Å². The number of hydrogen-bond donors (Lipinski definition) is 2. The second-order valence-electron chi connectivity index (χ2n) is 5.36. The Morgan fingerprint density at radius 2 is 2.00 bits per heavy atom. The normalized spacial score (nSPS) is 11.8. The maximum absolute atomic E-state index is 11.8. The minimum Gasteiger partial charge on any atom is -0.355 e. The van der Waals surface area contributed by atoms with E-state index in [2.05, 4.69) is 26.0 Å². The van der Waals surface area contributed by atoms with Gasteiger partial charge in [-0.25, -0.2) is 0 Å². The van der Waals surface area contributed by atoms with Crippen LogP contribution in [0.2, 0.25) is 0 Å². The van der Waals surface area contributed by atoms with E-state index in [1.165, 1.54) is 4.80 Å². The number of likely N-dealkylation sites (N-methyl/N-ethyl adjacent to an activating group) is 1. The molecule has 2 amide bonds. The van der Waals surface area contributed by atoms with E-state index in [4.69, 9.17) is 0 Å². The van der Waals surface area contributed by atoms with Crippen molar-refractivity contribution in [3.8, 4) is 11.4 Å². The van der Waals surface area contributed by atoms with Gasteiger partial charge in [0.05, 0.1) is 6.54 Å². The minimum atomic E-state index is -0.536. The smallest absolute Gasteiger partial charge is 0.242 e. The summed E-state index contributed by atoms with van der Waals surface area (Å²) in [5.74, 6) is 0.207. The molecule has 0 saturated heterocycles. The monoisotopic (exact) mass is 330 g/mol. The molecular formula is C16H22N6O2. The van der Waals surface area contributed by atoms with Crippen molar-refractivity contribution < 1.29 is 9.59 Å². The number of rotatable bonds is 8. The summed E-state index contributed by atoms with van der Waals surface area (Å²) in [7, 11) is 0. The quantitative estimate of drug-likeness (QED) is 0.744. The number of hydrogen-bond acceptors (Lipinski definition) is 5. The zero-order valence-electron chi connectivity index (χ0n) is 13.9. The topological polar surface area (TPSA) is 102 Å². The Labute approximate surface area is 140 Å². The number of carbonyl (C=O) groups is 2. The average molecular weight is 330 g/mol. The van der Waals surface area contributed by atoms with E-state index >= 15 is 0 Å². The number of aromatic nitrogens is 4. The lowest BCUT2D eigenvalue weighted by Crippen LogP contribution is -2.44. The molecule has 0 aliphatic carbocycles. The Kier molecular flexibility index (Phi) is 6.41. The molecule has 24 heavy (non-hydrogen) atoms. The van der Waals surface area contributed by atoms with E-state index in [0.29, 0.717) is 31.8 Å². The van der Waals surface area contributed by atoms with Gasteiger partial charge in [-0.3, -0.25) is 9.59 Å². The number of tetrazole rings is 1. The number of carbonyl (C=O) groups excluding carboxylic acids is 2. The number of nitrogens with one attached hydrogen (secondary N) is 2. The summed E-state index contributed by atoms with van der Waals surface area (Å²) < 4.78 is 0. The lowest BCUT2D eigenvalue weighted by Gasteiger charge is -2.13. The summed E-state index contributed by atoms with van der Waals surface area (Å²) >= 11 is 0. The zero-order chi connectivity index (χ0) is 17.4. The fraction of sp³-hybridized carbons (Fsp3) is 0.438. The summed E-state index contributed by atoms with van der Waals surface area (Å²) in [5.41, 5.74) is 0.900. The molecule has 1 aromatic heterocycles. The molecule has 0 aliphatic heterocycles. The van der Waals surface area contributed by atoms with E-state index in [9.17, 15) is 9.59 Å². The highest BCUT2D eigenvalue weighted by Gasteiger charge is 2.14. The zero-order valence-corrected chi connectivity index (χ0v) is 13.9. The van der Waals surface area contributed by atoms with Gasteiger partial charge in [-0.1, -0.05) is 30.3 Å².